The Kier molecular flexibility index (Phi) is 5.97. The van der Waals surface area contributed by atoms with Gasteiger partial charge in [-0.1, -0.05) is 55.4 Å². The monoisotopic (exact) mass is 439 g/mol. The summed E-state index contributed by atoms with van der Waals surface area (Å²) in [6.07, 6.45) is 0. The van der Waals surface area contributed by atoms with Crippen LogP contribution in [-0.2, 0) is 12.3 Å². The highest BCUT2D eigenvalue weighted by molar-refractivity contribution is 7.98. The van der Waals surface area contributed by atoms with Gasteiger partial charge in [0.1, 0.15) is 5.76 Å². The third-order valence-electron chi connectivity index (χ3n) is 4.68. The maximum Gasteiger partial charge on any atom is 0.262 e. The summed E-state index contributed by atoms with van der Waals surface area (Å²) in [4.78, 5) is 22.5. The quantitative estimate of drug-likeness (QED) is 0.274. The summed E-state index contributed by atoms with van der Waals surface area (Å²) >= 11 is 7.59. The van der Waals surface area contributed by atoms with Crippen LogP contribution in [0, 0.1) is 12.8 Å². The van der Waals surface area contributed by atoms with Gasteiger partial charge in [-0.3, -0.25) is 9.36 Å². The van der Waals surface area contributed by atoms with E-state index in [1.807, 2.05) is 37.3 Å². The number of rotatable bonds is 6. The SMILES string of the molecule is Cc1oc(-c2ccccc2)nc1CSc1nc2ccc(Cl)cc2c(=O)n1CC(C)C. The molecule has 0 unspecified atom stereocenters. The number of oxazole rings is 1. The molecule has 0 fully saturated rings. The Morgan fingerprint density at radius 2 is 1.90 bits per heavy atom. The molecule has 0 aliphatic carbocycles. The summed E-state index contributed by atoms with van der Waals surface area (Å²) in [7, 11) is 0. The maximum atomic E-state index is 13.1. The fraction of sp³-hybridized carbons (Fsp3) is 0.261. The molecule has 0 radical (unpaired) electrons. The average molecular weight is 440 g/mol. The van der Waals surface area contributed by atoms with E-state index < -0.39 is 0 Å². The van der Waals surface area contributed by atoms with Crippen molar-refractivity contribution in [2.24, 2.45) is 5.92 Å². The van der Waals surface area contributed by atoms with Crippen LogP contribution < -0.4 is 5.56 Å². The van der Waals surface area contributed by atoms with E-state index in [2.05, 4.69) is 18.8 Å². The van der Waals surface area contributed by atoms with Gasteiger partial charge < -0.3 is 4.42 Å². The van der Waals surface area contributed by atoms with Gasteiger partial charge in [0.25, 0.3) is 5.56 Å². The van der Waals surface area contributed by atoms with E-state index in [4.69, 9.17) is 21.0 Å². The normalized spacial score (nSPS) is 11.5. The largest absolute Gasteiger partial charge is 0.441 e. The average Bonchev–Trinajstić information content (AvgIpc) is 3.10. The van der Waals surface area contributed by atoms with E-state index in [0.29, 0.717) is 45.2 Å². The van der Waals surface area contributed by atoms with E-state index in [1.54, 1.807) is 22.8 Å². The Morgan fingerprint density at radius 3 is 2.63 bits per heavy atom. The van der Waals surface area contributed by atoms with Gasteiger partial charge in [0, 0.05) is 22.9 Å². The van der Waals surface area contributed by atoms with Crippen LogP contribution in [0.2, 0.25) is 5.02 Å². The molecule has 7 heteroatoms. The van der Waals surface area contributed by atoms with Crippen LogP contribution in [-0.4, -0.2) is 14.5 Å². The van der Waals surface area contributed by atoms with Crippen LogP contribution >= 0.6 is 23.4 Å². The van der Waals surface area contributed by atoms with Crippen LogP contribution in [0.25, 0.3) is 22.4 Å². The van der Waals surface area contributed by atoms with Gasteiger partial charge in [-0.25, -0.2) is 9.97 Å². The second-order valence-electron chi connectivity index (χ2n) is 7.54. The molecular weight excluding hydrogens is 418 g/mol. The van der Waals surface area contributed by atoms with Crippen molar-refractivity contribution in [2.45, 2.75) is 38.2 Å². The van der Waals surface area contributed by atoms with Crippen molar-refractivity contribution < 1.29 is 4.42 Å². The van der Waals surface area contributed by atoms with Crippen LogP contribution in [0.3, 0.4) is 0 Å². The zero-order valence-electron chi connectivity index (χ0n) is 17.1. The molecule has 4 rings (SSSR count). The summed E-state index contributed by atoms with van der Waals surface area (Å²) in [6.45, 7) is 6.66. The molecule has 0 amide bonds. The molecule has 2 aromatic heterocycles. The zero-order chi connectivity index (χ0) is 21.3. The summed E-state index contributed by atoms with van der Waals surface area (Å²) in [5, 5.41) is 1.74. The third-order valence-corrected chi connectivity index (χ3v) is 5.90. The van der Waals surface area contributed by atoms with Crippen LogP contribution in [0.4, 0.5) is 0 Å². The fourth-order valence-corrected chi connectivity index (χ4v) is 4.39. The smallest absolute Gasteiger partial charge is 0.262 e. The third kappa shape index (κ3) is 4.30. The van der Waals surface area contributed by atoms with Crippen molar-refractivity contribution in [3.05, 3.63) is 75.4 Å². The van der Waals surface area contributed by atoms with Crippen molar-refractivity contribution in [1.82, 2.24) is 14.5 Å². The maximum absolute atomic E-state index is 13.1. The number of fused-ring (bicyclic) bond motifs is 1. The Labute approximate surface area is 184 Å². The van der Waals surface area contributed by atoms with Crippen molar-refractivity contribution in [2.75, 3.05) is 0 Å². The first kappa shape index (κ1) is 20.7. The van der Waals surface area contributed by atoms with Gasteiger partial charge in [0.05, 0.1) is 16.6 Å². The number of hydrogen-bond donors (Lipinski definition) is 0. The second kappa shape index (κ2) is 8.66. The minimum absolute atomic E-state index is 0.0689. The number of hydrogen-bond acceptors (Lipinski definition) is 5. The summed E-state index contributed by atoms with van der Waals surface area (Å²) in [5.41, 5.74) is 2.36. The van der Waals surface area contributed by atoms with E-state index in [9.17, 15) is 4.79 Å². The lowest BCUT2D eigenvalue weighted by molar-refractivity contribution is 0.475. The minimum Gasteiger partial charge on any atom is -0.441 e. The lowest BCUT2D eigenvalue weighted by Gasteiger charge is -2.14. The van der Waals surface area contributed by atoms with E-state index in [0.717, 1.165) is 17.0 Å². The van der Waals surface area contributed by atoms with Gasteiger partial charge >= 0.3 is 0 Å². The minimum atomic E-state index is -0.0689. The van der Waals surface area contributed by atoms with E-state index >= 15 is 0 Å². The highest BCUT2D eigenvalue weighted by Crippen LogP contribution is 2.28. The first-order chi connectivity index (χ1) is 14.4. The lowest BCUT2D eigenvalue weighted by Crippen LogP contribution is -2.25. The molecule has 30 heavy (non-hydrogen) atoms. The van der Waals surface area contributed by atoms with Gasteiger partial charge in [-0.2, -0.15) is 0 Å². The molecule has 0 aliphatic heterocycles. The van der Waals surface area contributed by atoms with Crippen molar-refractivity contribution >= 4 is 34.3 Å². The molecule has 0 saturated heterocycles. The van der Waals surface area contributed by atoms with Crippen LogP contribution in [0.5, 0.6) is 0 Å². The Balaban J connectivity index is 1.68. The predicted octanol–water partition coefficient (Wildman–Crippen LogP) is 5.96. The Hall–Kier alpha value is -2.57. The summed E-state index contributed by atoms with van der Waals surface area (Å²) < 4.78 is 7.60. The molecular formula is C23H22ClN3O2S. The van der Waals surface area contributed by atoms with E-state index in [-0.39, 0.29) is 5.56 Å². The topological polar surface area (TPSA) is 60.9 Å². The molecule has 2 aromatic carbocycles. The number of thioether (sulfide) groups is 1. The molecule has 0 N–H and O–H groups in total. The van der Waals surface area contributed by atoms with Crippen LogP contribution in [0.1, 0.15) is 25.3 Å². The van der Waals surface area contributed by atoms with Crippen molar-refractivity contribution in [3.8, 4) is 11.5 Å². The standard InChI is InChI=1S/C23H22ClN3O2S/c1-14(2)12-27-22(28)18-11-17(24)9-10-19(18)26-23(27)30-13-20-15(3)29-21(25-20)16-7-5-4-6-8-16/h4-11,14H,12-13H2,1-3H3. The Bertz CT molecular complexity index is 1250. The first-order valence-electron chi connectivity index (χ1n) is 9.77. The highest BCUT2D eigenvalue weighted by Gasteiger charge is 2.16. The fourth-order valence-electron chi connectivity index (χ4n) is 3.21. The number of aryl methyl sites for hydroxylation is 1. The molecule has 0 aliphatic rings. The van der Waals surface area contributed by atoms with Gasteiger partial charge in [0.15, 0.2) is 5.16 Å². The summed E-state index contributed by atoms with van der Waals surface area (Å²) in [5.74, 6) is 2.24. The number of nitrogens with zero attached hydrogens (tertiary/aromatic N) is 3. The van der Waals surface area contributed by atoms with Gasteiger partial charge in [-0.15, -0.1) is 0 Å². The summed E-state index contributed by atoms with van der Waals surface area (Å²) in [6, 6.07) is 15.0. The lowest BCUT2D eigenvalue weighted by atomic mass is 10.2. The molecule has 0 saturated carbocycles. The molecule has 0 spiro atoms. The number of benzene rings is 2. The molecule has 5 nitrogen and oxygen atoms in total. The zero-order valence-corrected chi connectivity index (χ0v) is 18.6. The molecule has 0 bridgehead atoms. The molecule has 0 atom stereocenters. The van der Waals surface area contributed by atoms with Gasteiger partial charge in [0.2, 0.25) is 5.89 Å². The molecule has 2 heterocycles. The van der Waals surface area contributed by atoms with Crippen molar-refractivity contribution in [3.63, 3.8) is 0 Å². The van der Waals surface area contributed by atoms with Crippen molar-refractivity contribution in [1.29, 1.82) is 0 Å². The Morgan fingerprint density at radius 1 is 1.13 bits per heavy atom. The van der Waals surface area contributed by atoms with Crippen LogP contribution in [0.15, 0.2) is 62.9 Å². The van der Waals surface area contributed by atoms with E-state index in [1.165, 1.54) is 11.8 Å². The first-order valence-corrected chi connectivity index (χ1v) is 11.1. The number of halogens is 1. The molecule has 154 valence electrons. The highest BCUT2D eigenvalue weighted by atomic mass is 35.5. The predicted molar refractivity (Wildman–Crippen MR) is 122 cm³/mol. The molecule has 4 aromatic rings. The number of aromatic nitrogens is 3. The van der Waals surface area contributed by atoms with Gasteiger partial charge in [-0.05, 0) is 43.2 Å². The second-order valence-corrected chi connectivity index (χ2v) is 8.92.